The lowest BCUT2D eigenvalue weighted by Crippen LogP contribution is -2.45. The molecule has 6 nitrogen and oxygen atoms in total. The molecule has 0 saturated carbocycles. The topological polar surface area (TPSA) is 84.0 Å². The van der Waals surface area contributed by atoms with Crippen molar-refractivity contribution >= 4 is 32.7 Å². The van der Waals surface area contributed by atoms with Crippen molar-refractivity contribution in [1.82, 2.24) is 9.66 Å². The molecule has 94 valence electrons. The largest absolute Gasteiger partial charge is 0.348 e. The third-order valence-electron chi connectivity index (χ3n) is 2.39. The van der Waals surface area contributed by atoms with E-state index < -0.39 is 22.0 Å². The summed E-state index contributed by atoms with van der Waals surface area (Å²) in [5, 5.41) is 0.333. The van der Waals surface area contributed by atoms with Crippen LogP contribution >= 0.6 is 15.9 Å². The molecule has 0 radical (unpaired) electrons. The third-order valence-corrected chi connectivity index (χ3v) is 2.80. The number of carbonyl (C=O) groups excluding carboxylic acids is 1. The van der Waals surface area contributed by atoms with Crippen molar-refractivity contribution in [3.05, 3.63) is 45.1 Å². The van der Waals surface area contributed by atoms with Crippen LogP contribution in [0.3, 0.4) is 0 Å². The van der Waals surface area contributed by atoms with E-state index in [1.54, 1.807) is 31.2 Å². The molecule has 1 aromatic carbocycles. The van der Waals surface area contributed by atoms with Gasteiger partial charge in [-0.25, -0.2) is 4.79 Å². The van der Waals surface area contributed by atoms with Crippen molar-refractivity contribution < 1.29 is 4.79 Å². The molecule has 0 unspecified atom stereocenters. The lowest BCUT2D eigenvalue weighted by atomic mass is 10.2. The van der Waals surface area contributed by atoms with E-state index in [0.717, 1.165) is 0 Å². The number of nitrogens with zero attached hydrogens (tertiary/aromatic N) is 1. The zero-order chi connectivity index (χ0) is 13.3. The fourth-order valence-corrected chi connectivity index (χ4v) is 1.57. The second kappa shape index (κ2) is 4.77. The molecule has 1 heterocycles. The van der Waals surface area contributed by atoms with Gasteiger partial charge in [-0.05, 0) is 19.1 Å². The standard InChI is InChI=1S/C11H10BrN3O3/c1-6(12)9(16)14-15-10(17)7-4-2-3-5-8(7)13-11(15)18/h2-6H,1H3,(H,13,18)(H,14,16)/t6-/m0/s1. The van der Waals surface area contributed by atoms with E-state index in [-0.39, 0.29) is 0 Å². The average molecular weight is 312 g/mol. The second-order valence-corrected chi connectivity index (χ2v) is 5.08. The number of aromatic amines is 1. The van der Waals surface area contributed by atoms with Crippen molar-refractivity contribution in [2.24, 2.45) is 0 Å². The number of carbonyl (C=O) groups is 1. The van der Waals surface area contributed by atoms with E-state index in [9.17, 15) is 14.4 Å². The summed E-state index contributed by atoms with van der Waals surface area (Å²) < 4.78 is 0.669. The normalized spacial score (nSPS) is 12.3. The summed E-state index contributed by atoms with van der Waals surface area (Å²) in [5.74, 6) is -0.474. The number of halogens is 1. The van der Waals surface area contributed by atoms with Gasteiger partial charge in [0.25, 0.3) is 11.5 Å². The number of benzene rings is 1. The Balaban J connectivity index is 2.62. The van der Waals surface area contributed by atoms with Crippen LogP contribution in [0.5, 0.6) is 0 Å². The fourth-order valence-electron chi connectivity index (χ4n) is 1.46. The average Bonchev–Trinajstić information content (AvgIpc) is 2.34. The van der Waals surface area contributed by atoms with Crippen molar-refractivity contribution in [3.8, 4) is 0 Å². The van der Waals surface area contributed by atoms with Gasteiger partial charge in [-0.3, -0.25) is 15.0 Å². The Kier molecular flexibility index (Phi) is 3.33. The van der Waals surface area contributed by atoms with Gasteiger partial charge in [0, 0.05) is 0 Å². The van der Waals surface area contributed by atoms with Crippen LogP contribution in [0.4, 0.5) is 0 Å². The van der Waals surface area contributed by atoms with E-state index in [4.69, 9.17) is 0 Å². The minimum Gasteiger partial charge on any atom is -0.305 e. The molecule has 0 bridgehead atoms. The summed E-state index contributed by atoms with van der Waals surface area (Å²) in [6.07, 6.45) is 0. The number of amides is 1. The van der Waals surface area contributed by atoms with Gasteiger partial charge < -0.3 is 4.98 Å². The molecule has 2 aromatic rings. The van der Waals surface area contributed by atoms with E-state index >= 15 is 0 Å². The van der Waals surface area contributed by atoms with Gasteiger partial charge in [0.05, 0.1) is 15.7 Å². The zero-order valence-corrected chi connectivity index (χ0v) is 11.0. The number of hydrogen-bond donors (Lipinski definition) is 2. The first kappa shape index (κ1) is 12.6. The molecule has 18 heavy (non-hydrogen) atoms. The van der Waals surface area contributed by atoms with Gasteiger partial charge in [0.1, 0.15) is 0 Å². The van der Waals surface area contributed by atoms with Gasteiger partial charge >= 0.3 is 5.69 Å². The first-order chi connectivity index (χ1) is 8.50. The fraction of sp³-hybridized carbons (Fsp3) is 0.182. The summed E-state index contributed by atoms with van der Waals surface area (Å²) in [5.41, 5.74) is 1.44. The Hall–Kier alpha value is -1.89. The first-order valence-electron chi connectivity index (χ1n) is 5.19. The maximum atomic E-state index is 12.0. The predicted octanol–water partition coefficient (Wildman–Crippen LogP) is 0.543. The number of para-hydroxylation sites is 1. The summed E-state index contributed by atoms with van der Waals surface area (Å²) in [7, 11) is 0. The van der Waals surface area contributed by atoms with Crippen molar-refractivity contribution in [2.45, 2.75) is 11.8 Å². The molecule has 1 aromatic heterocycles. The molecule has 1 amide bonds. The SMILES string of the molecule is C[C@H](Br)C(=O)Nn1c(=O)[nH]c2ccccc2c1=O. The number of nitrogens with one attached hydrogen (secondary N) is 2. The van der Waals surface area contributed by atoms with Crippen LogP contribution < -0.4 is 16.7 Å². The molecule has 7 heteroatoms. The number of hydrogen-bond acceptors (Lipinski definition) is 3. The van der Waals surface area contributed by atoms with Crippen molar-refractivity contribution in [2.75, 3.05) is 5.43 Å². The van der Waals surface area contributed by atoms with Crippen LogP contribution in [-0.2, 0) is 4.79 Å². The second-order valence-electron chi connectivity index (χ2n) is 3.71. The maximum Gasteiger partial charge on any atom is 0.348 e. The molecule has 0 saturated heterocycles. The van der Waals surface area contributed by atoms with Crippen LogP contribution in [0, 0.1) is 0 Å². The predicted molar refractivity (Wildman–Crippen MR) is 71.6 cm³/mol. The minimum absolute atomic E-state index is 0.333. The number of H-pyrrole nitrogens is 1. The molecule has 0 fully saturated rings. The van der Waals surface area contributed by atoms with Crippen molar-refractivity contribution in [1.29, 1.82) is 0 Å². The van der Waals surface area contributed by atoms with Crippen LogP contribution in [0.1, 0.15) is 6.92 Å². The summed E-state index contributed by atoms with van der Waals surface area (Å²) >= 11 is 3.06. The van der Waals surface area contributed by atoms with E-state index in [0.29, 0.717) is 15.6 Å². The lowest BCUT2D eigenvalue weighted by Gasteiger charge is -2.08. The number of rotatable bonds is 2. The number of aromatic nitrogens is 2. The smallest absolute Gasteiger partial charge is 0.305 e. The molecule has 0 aliphatic heterocycles. The van der Waals surface area contributed by atoms with E-state index in [1.165, 1.54) is 0 Å². The summed E-state index contributed by atoms with van der Waals surface area (Å²) in [4.78, 5) is 37.2. The van der Waals surface area contributed by atoms with Gasteiger partial charge in [-0.1, -0.05) is 28.1 Å². The molecule has 2 N–H and O–H groups in total. The van der Waals surface area contributed by atoms with Crippen LogP contribution in [-0.4, -0.2) is 20.4 Å². The summed E-state index contributed by atoms with van der Waals surface area (Å²) in [6, 6.07) is 6.59. The van der Waals surface area contributed by atoms with Crippen molar-refractivity contribution in [3.63, 3.8) is 0 Å². The molecule has 0 aliphatic rings. The zero-order valence-electron chi connectivity index (χ0n) is 9.44. The van der Waals surface area contributed by atoms with E-state index in [2.05, 4.69) is 26.3 Å². The van der Waals surface area contributed by atoms with Crippen LogP contribution in [0.2, 0.25) is 0 Å². The molecule has 1 atom stereocenters. The molecule has 0 aliphatic carbocycles. The number of alkyl halides is 1. The Labute approximate surface area is 110 Å². The highest BCUT2D eigenvalue weighted by molar-refractivity contribution is 9.10. The monoisotopic (exact) mass is 311 g/mol. The highest BCUT2D eigenvalue weighted by Gasteiger charge is 2.13. The molecular weight excluding hydrogens is 302 g/mol. The summed E-state index contributed by atoms with van der Waals surface area (Å²) in [6.45, 7) is 1.59. The minimum atomic E-state index is -0.680. The Morgan fingerprint density at radius 2 is 2.06 bits per heavy atom. The Morgan fingerprint density at radius 1 is 1.39 bits per heavy atom. The highest BCUT2D eigenvalue weighted by Crippen LogP contribution is 2.02. The lowest BCUT2D eigenvalue weighted by molar-refractivity contribution is -0.116. The third kappa shape index (κ3) is 2.21. The maximum absolute atomic E-state index is 12.0. The first-order valence-corrected chi connectivity index (χ1v) is 6.11. The molecular formula is C11H10BrN3O3. The Bertz CT molecular complexity index is 717. The molecule has 2 rings (SSSR count). The van der Waals surface area contributed by atoms with Gasteiger partial charge in [-0.15, -0.1) is 0 Å². The van der Waals surface area contributed by atoms with Gasteiger partial charge in [0.2, 0.25) is 0 Å². The van der Waals surface area contributed by atoms with Crippen LogP contribution in [0.25, 0.3) is 10.9 Å². The van der Waals surface area contributed by atoms with Gasteiger partial charge in [-0.2, -0.15) is 4.68 Å². The Morgan fingerprint density at radius 3 is 2.72 bits per heavy atom. The van der Waals surface area contributed by atoms with Gasteiger partial charge in [0.15, 0.2) is 0 Å². The number of fused-ring (bicyclic) bond motifs is 1. The quantitative estimate of drug-likeness (QED) is 0.794. The van der Waals surface area contributed by atoms with E-state index in [1.807, 2.05) is 0 Å². The highest BCUT2D eigenvalue weighted by atomic mass is 79.9. The molecule has 0 spiro atoms. The van der Waals surface area contributed by atoms with Crippen LogP contribution in [0.15, 0.2) is 33.9 Å².